The number of rotatable bonds is 4. The third-order valence-corrected chi connectivity index (χ3v) is 4.23. The fraction of sp³-hybridized carbons (Fsp3) is 0.429. The maximum atomic E-state index is 12.0. The highest BCUT2D eigenvalue weighted by Gasteiger charge is 2.41. The van der Waals surface area contributed by atoms with Crippen LogP contribution in [-0.4, -0.2) is 47.1 Å². The van der Waals surface area contributed by atoms with E-state index in [4.69, 9.17) is 10.8 Å². The summed E-state index contributed by atoms with van der Waals surface area (Å²) in [4.78, 5) is 24.8. The van der Waals surface area contributed by atoms with Crippen molar-refractivity contribution >= 4 is 33.5 Å². The van der Waals surface area contributed by atoms with Gasteiger partial charge in [-0.15, -0.1) is 0 Å². The van der Waals surface area contributed by atoms with Gasteiger partial charge in [0.05, 0.1) is 12.2 Å². The largest absolute Gasteiger partial charge is 0.480 e. The molecule has 1 unspecified atom stereocenters. The summed E-state index contributed by atoms with van der Waals surface area (Å²) in [6, 6.07) is 5.65. The molecule has 1 aliphatic heterocycles. The zero-order valence-electron chi connectivity index (χ0n) is 11.7. The van der Waals surface area contributed by atoms with Crippen molar-refractivity contribution in [1.82, 2.24) is 4.90 Å². The molecular weight excluding hydrogens is 338 g/mol. The highest BCUT2D eigenvalue weighted by atomic mass is 79.9. The standard InChI is InChI=1S/C14H18BrN3O3/c1-9-2-3-11(10(15)6-9)17-12(19)7-18-5-4-14(16,8-18)13(20)21/h2-3,6H,4-5,7-8,16H2,1H3,(H,17,19)(H,20,21). The second-order valence-corrected chi connectivity index (χ2v) is 6.31. The van der Waals surface area contributed by atoms with Gasteiger partial charge in [0.1, 0.15) is 5.54 Å². The molecule has 7 heteroatoms. The van der Waals surface area contributed by atoms with E-state index in [1.54, 1.807) is 4.90 Å². The Morgan fingerprint density at radius 2 is 2.24 bits per heavy atom. The molecule has 1 fully saturated rings. The molecule has 0 radical (unpaired) electrons. The van der Waals surface area contributed by atoms with Crippen LogP contribution in [0.5, 0.6) is 0 Å². The first kappa shape index (κ1) is 15.9. The number of amides is 1. The van der Waals surface area contributed by atoms with E-state index in [9.17, 15) is 9.59 Å². The van der Waals surface area contributed by atoms with Crippen molar-refractivity contribution in [2.75, 3.05) is 25.0 Å². The number of carboxylic acid groups (broad SMARTS) is 1. The van der Waals surface area contributed by atoms with Crippen LogP contribution in [0, 0.1) is 6.92 Å². The summed E-state index contributed by atoms with van der Waals surface area (Å²) in [6.45, 7) is 2.79. The normalized spacial score (nSPS) is 22.2. The van der Waals surface area contributed by atoms with Crippen molar-refractivity contribution in [1.29, 1.82) is 0 Å². The summed E-state index contributed by atoms with van der Waals surface area (Å²) in [5.41, 5.74) is 6.32. The molecular formula is C14H18BrN3O3. The van der Waals surface area contributed by atoms with Crippen LogP contribution in [-0.2, 0) is 9.59 Å². The molecule has 0 bridgehead atoms. The van der Waals surface area contributed by atoms with E-state index >= 15 is 0 Å². The summed E-state index contributed by atoms with van der Waals surface area (Å²) in [5, 5.41) is 11.9. The van der Waals surface area contributed by atoms with E-state index < -0.39 is 11.5 Å². The van der Waals surface area contributed by atoms with E-state index in [2.05, 4.69) is 21.2 Å². The van der Waals surface area contributed by atoms with Gasteiger partial charge in [-0.25, -0.2) is 0 Å². The third-order valence-electron chi connectivity index (χ3n) is 3.57. The van der Waals surface area contributed by atoms with E-state index in [0.717, 1.165) is 10.0 Å². The number of nitrogens with two attached hydrogens (primary N) is 1. The van der Waals surface area contributed by atoms with Crippen LogP contribution in [0.15, 0.2) is 22.7 Å². The number of aryl methyl sites for hydroxylation is 1. The maximum Gasteiger partial charge on any atom is 0.325 e. The summed E-state index contributed by atoms with van der Waals surface area (Å²) in [5.74, 6) is -1.21. The Morgan fingerprint density at radius 3 is 2.81 bits per heavy atom. The zero-order valence-corrected chi connectivity index (χ0v) is 13.3. The zero-order chi connectivity index (χ0) is 15.6. The van der Waals surface area contributed by atoms with Crippen molar-refractivity contribution in [2.24, 2.45) is 5.73 Å². The van der Waals surface area contributed by atoms with Gasteiger partial charge in [-0.1, -0.05) is 6.07 Å². The summed E-state index contributed by atoms with van der Waals surface area (Å²) < 4.78 is 0.816. The molecule has 0 aliphatic carbocycles. The lowest BCUT2D eigenvalue weighted by atomic mass is 10.0. The predicted octanol–water partition coefficient (Wildman–Crippen LogP) is 1.18. The van der Waals surface area contributed by atoms with Crippen molar-refractivity contribution in [2.45, 2.75) is 18.9 Å². The van der Waals surface area contributed by atoms with Gasteiger partial charge in [-0.05, 0) is 47.0 Å². The van der Waals surface area contributed by atoms with Gasteiger partial charge < -0.3 is 16.2 Å². The van der Waals surface area contributed by atoms with E-state index in [-0.39, 0.29) is 19.0 Å². The average Bonchev–Trinajstić information content (AvgIpc) is 2.76. The Morgan fingerprint density at radius 1 is 1.52 bits per heavy atom. The SMILES string of the molecule is Cc1ccc(NC(=O)CN2CCC(N)(C(=O)O)C2)c(Br)c1. The molecule has 114 valence electrons. The molecule has 0 aromatic heterocycles. The number of nitrogens with one attached hydrogen (secondary N) is 1. The van der Waals surface area contributed by atoms with Gasteiger partial charge in [0.25, 0.3) is 0 Å². The Labute approximate surface area is 131 Å². The van der Waals surface area contributed by atoms with Gasteiger partial charge in [0, 0.05) is 17.6 Å². The highest BCUT2D eigenvalue weighted by Crippen LogP contribution is 2.24. The number of carbonyl (C=O) groups excluding carboxylic acids is 1. The summed E-state index contributed by atoms with van der Waals surface area (Å²) in [6.07, 6.45) is 0.351. The number of carboxylic acids is 1. The van der Waals surface area contributed by atoms with E-state index in [1.165, 1.54) is 0 Å². The molecule has 4 N–H and O–H groups in total. The van der Waals surface area contributed by atoms with Gasteiger partial charge in [0.2, 0.25) is 5.91 Å². The van der Waals surface area contributed by atoms with E-state index in [1.807, 2.05) is 25.1 Å². The van der Waals surface area contributed by atoms with Gasteiger partial charge >= 0.3 is 5.97 Å². The van der Waals surface area contributed by atoms with Crippen molar-refractivity contribution in [3.63, 3.8) is 0 Å². The molecule has 1 aliphatic rings. The molecule has 0 spiro atoms. The van der Waals surface area contributed by atoms with Gasteiger partial charge in [-0.3, -0.25) is 14.5 Å². The van der Waals surface area contributed by atoms with Crippen LogP contribution < -0.4 is 11.1 Å². The second-order valence-electron chi connectivity index (χ2n) is 5.45. The molecule has 2 rings (SSSR count). The van der Waals surface area contributed by atoms with Gasteiger partial charge in [0.15, 0.2) is 0 Å². The number of carbonyl (C=O) groups is 2. The second kappa shape index (κ2) is 6.13. The number of nitrogens with zero attached hydrogens (tertiary/aromatic N) is 1. The summed E-state index contributed by atoms with van der Waals surface area (Å²) >= 11 is 3.40. The van der Waals surface area contributed by atoms with Gasteiger partial charge in [-0.2, -0.15) is 0 Å². The van der Waals surface area contributed by atoms with Crippen molar-refractivity contribution in [3.05, 3.63) is 28.2 Å². The molecule has 1 saturated heterocycles. The highest BCUT2D eigenvalue weighted by molar-refractivity contribution is 9.10. The first-order valence-electron chi connectivity index (χ1n) is 6.61. The lowest BCUT2D eigenvalue weighted by molar-refractivity contribution is -0.143. The quantitative estimate of drug-likeness (QED) is 0.753. The Bertz CT molecular complexity index is 579. The lowest BCUT2D eigenvalue weighted by Crippen LogP contribution is -2.50. The van der Waals surface area contributed by atoms with Crippen LogP contribution in [0.1, 0.15) is 12.0 Å². The number of aliphatic carboxylic acids is 1. The third kappa shape index (κ3) is 3.81. The minimum Gasteiger partial charge on any atom is -0.480 e. The smallest absolute Gasteiger partial charge is 0.325 e. The number of likely N-dealkylation sites (tertiary alicyclic amines) is 1. The average molecular weight is 356 g/mol. The molecule has 1 atom stereocenters. The number of benzene rings is 1. The van der Waals surface area contributed by atoms with Crippen molar-refractivity contribution in [3.8, 4) is 0 Å². The Hall–Kier alpha value is -1.44. The minimum atomic E-state index is -1.25. The molecule has 0 saturated carbocycles. The molecule has 1 heterocycles. The molecule has 1 amide bonds. The number of anilines is 1. The predicted molar refractivity (Wildman–Crippen MR) is 83.1 cm³/mol. The molecule has 21 heavy (non-hydrogen) atoms. The lowest BCUT2D eigenvalue weighted by Gasteiger charge is -2.19. The van der Waals surface area contributed by atoms with Crippen LogP contribution in [0.2, 0.25) is 0 Å². The number of hydrogen-bond donors (Lipinski definition) is 3. The number of halogens is 1. The maximum absolute atomic E-state index is 12.0. The summed E-state index contributed by atoms with van der Waals surface area (Å²) in [7, 11) is 0. The fourth-order valence-electron chi connectivity index (χ4n) is 2.34. The first-order valence-corrected chi connectivity index (χ1v) is 7.40. The van der Waals surface area contributed by atoms with Crippen LogP contribution in [0.25, 0.3) is 0 Å². The molecule has 6 nitrogen and oxygen atoms in total. The Kier molecular flexibility index (Phi) is 4.65. The topological polar surface area (TPSA) is 95.7 Å². The van der Waals surface area contributed by atoms with Crippen molar-refractivity contribution < 1.29 is 14.7 Å². The fourth-order valence-corrected chi connectivity index (χ4v) is 2.93. The van der Waals surface area contributed by atoms with Crippen LogP contribution >= 0.6 is 15.9 Å². The molecule has 1 aromatic carbocycles. The monoisotopic (exact) mass is 355 g/mol. The minimum absolute atomic E-state index is 0.131. The van der Waals surface area contributed by atoms with Crippen LogP contribution in [0.4, 0.5) is 5.69 Å². The van der Waals surface area contributed by atoms with E-state index in [0.29, 0.717) is 18.7 Å². The Balaban J connectivity index is 1.93. The first-order chi connectivity index (χ1) is 9.80. The molecule has 1 aromatic rings. The number of hydrogen-bond acceptors (Lipinski definition) is 4. The van der Waals surface area contributed by atoms with Crippen LogP contribution in [0.3, 0.4) is 0 Å².